The molecule has 18 heavy (non-hydrogen) atoms. The van der Waals surface area contributed by atoms with E-state index in [2.05, 4.69) is 22.4 Å². The van der Waals surface area contributed by atoms with Crippen molar-refractivity contribution in [2.24, 2.45) is 14.1 Å². The largest absolute Gasteiger partial charge is 0.436 e. The molecule has 0 bridgehead atoms. The van der Waals surface area contributed by atoms with Crippen LogP contribution in [0.5, 0.6) is 11.6 Å². The highest BCUT2D eigenvalue weighted by molar-refractivity contribution is 5.34. The molecule has 0 saturated heterocycles. The van der Waals surface area contributed by atoms with Gasteiger partial charge in [0.05, 0.1) is 23.7 Å². The molecule has 6 heteroatoms. The molecule has 1 N–H and O–H groups in total. The molecule has 98 valence electrons. The summed E-state index contributed by atoms with van der Waals surface area (Å²) >= 11 is 0. The first-order chi connectivity index (χ1) is 8.61. The molecule has 0 aliphatic carbocycles. The summed E-state index contributed by atoms with van der Waals surface area (Å²) in [5.74, 6) is 1.49. The van der Waals surface area contributed by atoms with Crippen LogP contribution in [0.3, 0.4) is 0 Å². The lowest BCUT2D eigenvalue weighted by atomic mass is 10.2. The average molecular weight is 249 g/mol. The third kappa shape index (κ3) is 2.53. The minimum Gasteiger partial charge on any atom is -0.436 e. The van der Waals surface area contributed by atoms with E-state index in [4.69, 9.17) is 4.74 Å². The van der Waals surface area contributed by atoms with Gasteiger partial charge in [-0.05, 0) is 13.5 Å². The maximum Gasteiger partial charge on any atom is 0.222 e. The highest BCUT2D eigenvalue weighted by atomic mass is 16.5. The summed E-state index contributed by atoms with van der Waals surface area (Å²) in [6.07, 6.45) is 3.53. The average Bonchev–Trinajstić information content (AvgIpc) is 2.83. The molecule has 2 aromatic heterocycles. The second-order valence-electron chi connectivity index (χ2n) is 4.22. The van der Waals surface area contributed by atoms with E-state index in [0.717, 1.165) is 36.0 Å². The van der Waals surface area contributed by atoms with Crippen molar-refractivity contribution in [3.63, 3.8) is 0 Å². The van der Waals surface area contributed by atoms with Gasteiger partial charge in [-0.3, -0.25) is 4.68 Å². The lowest BCUT2D eigenvalue weighted by molar-refractivity contribution is 0.423. The Morgan fingerprint density at radius 2 is 2.17 bits per heavy atom. The van der Waals surface area contributed by atoms with Crippen LogP contribution in [0.4, 0.5) is 0 Å². The molecule has 0 aliphatic rings. The Bertz CT molecular complexity index is 529. The van der Waals surface area contributed by atoms with Gasteiger partial charge in [-0.25, -0.2) is 4.68 Å². The molecule has 0 fully saturated rings. The van der Waals surface area contributed by atoms with Crippen LogP contribution < -0.4 is 10.1 Å². The van der Waals surface area contributed by atoms with Gasteiger partial charge in [-0.1, -0.05) is 6.92 Å². The summed E-state index contributed by atoms with van der Waals surface area (Å²) < 4.78 is 9.33. The Balaban J connectivity index is 2.25. The van der Waals surface area contributed by atoms with Gasteiger partial charge in [-0.15, -0.1) is 0 Å². The molecule has 0 saturated carbocycles. The second-order valence-corrected chi connectivity index (χ2v) is 4.22. The second kappa shape index (κ2) is 5.22. The molecule has 0 spiro atoms. The van der Waals surface area contributed by atoms with Gasteiger partial charge >= 0.3 is 0 Å². The van der Waals surface area contributed by atoms with Crippen molar-refractivity contribution in [2.75, 3.05) is 6.54 Å². The Hall–Kier alpha value is -1.82. The summed E-state index contributed by atoms with van der Waals surface area (Å²) in [5, 5.41) is 11.8. The lowest BCUT2D eigenvalue weighted by Crippen LogP contribution is -2.12. The van der Waals surface area contributed by atoms with E-state index in [9.17, 15) is 0 Å². The highest BCUT2D eigenvalue weighted by Gasteiger charge is 2.15. The van der Waals surface area contributed by atoms with Crippen LogP contribution in [0.2, 0.25) is 0 Å². The van der Waals surface area contributed by atoms with Crippen molar-refractivity contribution >= 4 is 0 Å². The van der Waals surface area contributed by atoms with Crippen LogP contribution in [0.15, 0.2) is 12.4 Å². The number of ether oxygens (including phenoxy) is 1. The number of hydrogen-bond acceptors (Lipinski definition) is 4. The van der Waals surface area contributed by atoms with Gasteiger partial charge in [-0.2, -0.15) is 10.2 Å². The fraction of sp³-hybridized carbons (Fsp3) is 0.500. The van der Waals surface area contributed by atoms with Crippen molar-refractivity contribution < 1.29 is 4.74 Å². The number of hydrogen-bond donors (Lipinski definition) is 1. The molecule has 0 unspecified atom stereocenters. The molecule has 6 nitrogen and oxygen atoms in total. The minimum absolute atomic E-state index is 0.721. The fourth-order valence-corrected chi connectivity index (χ4v) is 1.83. The van der Waals surface area contributed by atoms with Crippen LogP contribution in [0, 0.1) is 6.92 Å². The van der Waals surface area contributed by atoms with Gasteiger partial charge < -0.3 is 10.1 Å². The van der Waals surface area contributed by atoms with E-state index >= 15 is 0 Å². The van der Waals surface area contributed by atoms with Crippen LogP contribution in [-0.2, 0) is 20.6 Å². The Kier molecular flexibility index (Phi) is 3.66. The molecule has 2 heterocycles. The molecule has 0 atom stereocenters. The molecule has 0 aromatic carbocycles. The van der Waals surface area contributed by atoms with Crippen molar-refractivity contribution in [2.45, 2.75) is 20.4 Å². The number of aromatic nitrogens is 4. The van der Waals surface area contributed by atoms with E-state index in [1.54, 1.807) is 15.6 Å². The Morgan fingerprint density at radius 1 is 1.39 bits per heavy atom. The van der Waals surface area contributed by atoms with Gasteiger partial charge in [0, 0.05) is 20.6 Å². The monoisotopic (exact) mass is 249 g/mol. The molecule has 0 amide bonds. The number of nitrogens with zero attached hydrogens (tertiary/aromatic N) is 4. The molecule has 2 rings (SSSR count). The lowest BCUT2D eigenvalue weighted by Gasteiger charge is -2.07. The molecule has 0 radical (unpaired) electrons. The van der Waals surface area contributed by atoms with E-state index < -0.39 is 0 Å². The van der Waals surface area contributed by atoms with Crippen molar-refractivity contribution in [3.05, 3.63) is 23.7 Å². The van der Waals surface area contributed by atoms with Crippen LogP contribution in [0.25, 0.3) is 0 Å². The minimum atomic E-state index is 0.721. The van der Waals surface area contributed by atoms with E-state index in [0.29, 0.717) is 0 Å². The zero-order valence-electron chi connectivity index (χ0n) is 11.3. The molecule has 0 aliphatic heterocycles. The Labute approximate surface area is 107 Å². The van der Waals surface area contributed by atoms with Gasteiger partial charge in [0.1, 0.15) is 0 Å². The summed E-state index contributed by atoms with van der Waals surface area (Å²) in [4.78, 5) is 0. The molecular weight excluding hydrogens is 230 g/mol. The summed E-state index contributed by atoms with van der Waals surface area (Å²) in [6, 6.07) is 0. The highest BCUT2D eigenvalue weighted by Crippen LogP contribution is 2.26. The first-order valence-electron chi connectivity index (χ1n) is 6.01. The van der Waals surface area contributed by atoms with Gasteiger partial charge in [0.2, 0.25) is 5.88 Å². The standard InChI is InChI=1S/C12H19N5O/c1-5-13-7-11-9(2)15-17(4)12(11)18-10-6-14-16(3)8-10/h6,8,13H,5,7H2,1-4H3. The van der Waals surface area contributed by atoms with Crippen molar-refractivity contribution in [1.82, 2.24) is 24.9 Å². The zero-order chi connectivity index (χ0) is 13.1. The number of rotatable bonds is 5. The predicted octanol–water partition coefficient (Wildman–Crippen LogP) is 1.36. The smallest absolute Gasteiger partial charge is 0.222 e. The van der Waals surface area contributed by atoms with Crippen LogP contribution in [0.1, 0.15) is 18.2 Å². The quantitative estimate of drug-likeness (QED) is 0.869. The van der Waals surface area contributed by atoms with Gasteiger partial charge in [0.25, 0.3) is 0 Å². The predicted molar refractivity (Wildman–Crippen MR) is 68.6 cm³/mol. The third-order valence-electron chi connectivity index (χ3n) is 2.74. The maximum atomic E-state index is 5.86. The van der Waals surface area contributed by atoms with E-state index in [1.165, 1.54) is 0 Å². The summed E-state index contributed by atoms with van der Waals surface area (Å²) in [7, 11) is 3.75. The Morgan fingerprint density at radius 3 is 2.78 bits per heavy atom. The van der Waals surface area contributed by atoms with Gasteiger partial charge in [0.15, 0.2) is 5.75 Å². The first kappa shape index (κ1) is 12.6. The maximum absolute atomic E-state index is 5.86. The third-order valence-corrected chi connectivity index (χ3v) is 2.74. The number of nitrogens with one attached hydrogen (secondary N) is 1. The zero-order valence-corrected chi connectivity index (χ0v) is 11.3. The molecule has 2 aromatic rings. The normalized spacial score (nSPS) is 10.9. The van der Waals surface area contributed by atoms with E-state index in [1.807, 2.05) is 27.2 Å². The van der Waals surface area contributed by atoms with Crippen LogP contribution >= 0.6 is 0 Å². The summed E-state index contributed by atoms with van der Waals surface area (Å²) in [6.45, 7) is 5.74. The first-order valence-corrected chi connectivity index (χ1v) is 6.01. The molecular formula is C12H19N5O. The SMILES string of the molecule is CCNCc1c(C)nn(C)c1Oc1cnn(C)c1. The fourth-order valence-electron chi connectivity index (χ4n) is 1.83. The van der Waals surface area contributed by atoms with E-state index in [-0.39, 0.29) is 0 Å². The topological polar surface area (TPSA) is 56.9 Å². The summed E-state index contributed by atoms with van der Waals surface area (Å²) in [5.41, 5.74) is 2.07. The number of aryl methyl sites for hydroxylation is 3. The van der Waals surface area contributed by atoms with Crippen LogP contribution in [-0.4, -0.2) is 26.1 Å². The van der Waals surface area contributed by atoms with Crippen molar-refractivity contribution in [1.29, 1.82) is 0 Å². The van der Waals surface area contributed by atoms with Crippen molar-refractivity contribution in [3.8, 4) is 11.6 Å².